The maximum Gasteiger partial charge on any atom is 0.289 e. The molecule has 1 N–H and O–H groups in total. The van der Waals surface area contributed by atoms with Crippen LogP contribution < -0.4 is 5.32 Å². The van der Waals surface area contributed by atoms with Crippen LogP contribution >= 0.6 is 11.6 Å². The number of hydrogen-bond donors (Lipinski definition) is 1. The van der Waals surface area contributed by atoms with E-state index in [0.717, 1.165) is 0 Å². The van der Waals surface area contributed by atoms with Crippen LogP contribution in [0.15, 0.2) is 74.8 Å². The van der Waals surface area contributed by atoms with Crippen LogP contribution in [0.25, 0.3) is 0 Å². The molecule has 12 heteroatoms. The molecule has 1 atom stereocenters. The molecule has 3 heterocycles. The van der Waals surface area contributed by atoms with Gasteiger partial charge in [0.2, 0.25) is 15.2 Å². The van der Waals surface area contributed by atoms with E-state index in [4.69, 9.17) is 20.4 Å². The highest BCUT2D eigenvalue weighted by atomic mass is 35.5. The van der Waals surface area contributed by atoms with Crippen molar-refractivity contribution in [2.75, 3.05) is 26.2 Å². The van der Waals surface area contributed by atoms with Crippen molar-refractivity contribution in [3.63, 3.8) is 0 Å². The molecule has 3 aromatic rings. The minimum absolute atomic E-state index is 0.0779. The van der Waals surface area contributed by atoms with E-state index in [1.165, 1.54) is 58.7 Å². The minimum atomic E-state index is -4.34. The molecule has 1 saturated heterocycles. The number of piperazine rings is 1. The Kier molecular flexibility index (Phi) is 6.75. The lowest BCUT2D eigenvalue weighted by atomic mass is 10.2. The second-order valence-corrected chi connectivity index (χ2v) is 9.89. The summed E-state index contributed by atoms with van der Waals surface area (Å²) in [4.78, 5) is 41.0. The highest BCUT2D eigenvalue weighted by Crippen LogP contribution is 2.21. The molecule has 0 unspecified atom stereocenters. The number of benzene rings is 1. The van der Waals surface area contributed by atoms with Gasteiger partial charge in [-0.1, -0.05) is 11.6 Å². The lowest BCUT2D eigenvalue weighted by molar-refractivity contribution is -0.132. The summed E-state index contributed by atoms with van der Waals surface area (Å²) in [7, 11) is -4.34. The number of carbonyl (C=O) groups is 3. The number of carbonyl (C=O) groups excluding carboxylic acids is 3. The molecule has 1 aliphatic heterocycles. The summed E-state index contributed by atoms with van der Waals surface area (Å²) < 4.78 is 36.9. The molecule has 4 rings (SSSR count). The highest BCUT2D eigenvalue weighted by Gasteiger charge is 2.40. The van der Waals surface area contributed by atoms with Crippen molar-refractivity contribution in [2.24, 2.45) is 0 Å². The van der Waals surface area contributed by atoms with Crippen LogP contribution in [0.2, 0.25) is 5.02 Å². The largest absolute Gasteiger partial charge is 0.459 e. The standard InChI is InChI=1S/C22H20ClN3O7S/c23-15-5-7-16(8-6-15)34(30,31)20(24-19(27)17-3-1-13-32-17)22(29)26-11-9-25(10-12-26)21(28)18-4-2-14-33-18/h1-8,13-14,20H,9-12H2,(H,24,27)/t20-/m1/s1. The predicted molar refractivity (Wildman–Crippen MR) is 120 cm³/mol. The first-order valence-corrected chi connectivity index (χ1v) is 12.1. The molecular formula is C22H20ClN3O7S. The average Bonchev–Trinajstić information content (AvgIpc) is 3.57. The van der Waals surface area contributed by atoms with Crippen molar-refractivity contribution in [1.29, 1.82) is 0 Å². The average molecular weight is 506 g/mol. The van der Waals surface area contributed by atoms with Crippen LogP contribution in [0.5, 0.6) is 0 Å². The normalized spacial score (nSPS) is 15.1. The van der Waals surface area contributed by atoms with E-state index >= 15 is 0 Å². The molecule has 0 bridgehead atoms. The highest BCUT2D eigenvalue weighted by molar-refractivity contribution is 7.92. The summed E-state index contributed by atoms with van der Waals surface area (Å²) in [5, 5.41) is 0.700. The fourth-order valence-electron chi connectivity index (χ4n) is 3.48. The van der Waals surface area contributed by atoms with Crippen molar-refractivity contribution in [2.45, 2.75) is 10.3 Å². The zero-order chi connectivity index (χ0) is 24.3. The molecule has 3 amide bonds. The summed E-state index contributed by atoms with van der Waals surface area (Å²) in [6, 6.07) is 11.2. The number of amides is 3. The van der Waals surface area contributed by atoms with E-state index in [0.29, 0.717) is 5.02 Å². The van der Waals surface area contributed by atoms with Gasteiger partial charge in [0, 0.05) is 31.2 Å². The van der Waals surface area contributed by atoms with Gasteiger partial charge in [-0.25, -0.2) is 8.42 Å². The Balaban J connectivity index is 1.55. The second kappa shape index (κ2) is 9.74. The number of hydrogen-bond acceptors (Lipinski definition) is 7. The fraction of sp³-hybridized carbons (Fsp3) is 0.227. The first-order chi connectivity index (χ1) is 16.3. The molecule has 0 radical (unpaired) electrons. The van der Waals surface area contributed by atoms with Gasteiger partial charge in [0.25, 0.3) is 17.7 Å². The molecule has 10 nitrogen and oxygen atoms in total. The molecule has 1 aliphatic rings. The molecule has 0 spiro atoms. The summed E-state index contributed by atoms with van der Waals surface area (Å²) in [5.41, 5.74) is 0. The van der Waals surface area contributed by atoms with Gasteiger partial charge >= 0.3 is 0 Å². The van der Waals surface area contributed by atoms with Gasteiger partial charge in [0.15, 0.2) is 11.5 Å². The zero-order valence-corrected chi connectivity index (χ0v) is 19.3. The Morgan fingerprint density at radius 3 is 1.97 bits per heavy atom. The van der Waals surface area contributed by atoms with Gasteiger partial charge in [0.1, 0.15) is 0 Å². The Hall–Kier alpha value is -3.57. The molecule has 0 saturated carbocycles. The number of nitrogens with zero attached hydrogens (tertiary/aromatic N) is 2. The summed E-state index contributed by atoms with van der Waals surface area (Å²) >= 11 is 5.86. The van der Waals surface area contributed by atoms with E-state index < -0.39 is 27.0 Å². The van der Waals surface area contributed by atoms with Crippen molar-refractivity contribution in [1.82, 2.24) is 15.1 Å². The van der Waals surface area contributed by atoms with Gasteiger partial charge in [0.05, 0.1) is 17.4 Å². The first kappa shape index (κ1) is 23.6. The van der Waals surface area contributed by atoms with E-state index in [1.54, 1.807) is 12.1 Å². The molecular weight excluding hydrogens is 486 g/mol. The van der Waals surface area contributed by atoms with Gasteiger partial charge in [-0.15, -0.1) is 0 Å². The third-order valence-corrected chi connectivity index (χ3v) is 7.42. The van der Waals surface area contributed by atoms with E-state index in [2.05, 4.69) is 5.32 Å². The molecule has 34 heavy (non-hydrogen) atoms. The number of furan rings is 2. The van der Waals surface area contributed by atoms with Gasteiger partial charge < -0.3 is 24.0 Å². The van der Waals surface area contributed by atoms with Gasteiger partial charge in [-0.05, 0) is 48.5 Å². The van der Waals surface area contributed by atoms with Gasteiger partial charge in [-0.3, -0.25) is 14.4 Å². The number of sulfone groups is 1. The Bertz CT molecular complexity index is 1260. The number of rotatable bonds is 6. The van der Waals surface area contributed by atoms with Crippen molar-refractivity contribution >= 4 is 39.2 Å². The second-order valence-electron chi connectivity index (χ2n) is 7.42. The maximum absolute atomic E-state index is 13.3. The lowest BCUT2D eigenvalue weighted by Crippen LogP contribution is -2.57. The topological polar surface area (TPSA) is 130 Å². The Labute approximate surface area is 200 Å². The zero-order valence-electron chi connectivity index (χ0n) is 17.7. The van der Waals surface area contributed by atoms with Crippen LogP contribution in [0, 0.1) is 0 Å². The summed E-state index contributed by atoms with van der Waals surface area (Å²) in [6.07, 6.45) is 2.65. The number of halogens is 1. The lowest BCUT2D eigenvalue weighted by Gasteiger charge is -2.36. The molecule has 2 aromatic heterocycles. The van der Waals surface area contributed by atoms with E-state index in [9.17, 15) is 22.8 Å². The van der Waals surface area contributed by atoms with E-state index in [-0.39, 0.29) is 48.5 Å². The molecule has 178 valence electrons. The first-order valence-electron chi connectivity index (χ1n) is 10.2. The third kappa shape index (κ3) is 4.85. The SMILES string of the molecule is O=C(N[C@@H](C(=O)N1CCN(C(=O)c2ccco2)CC1)S(=O)(=O)c1ccc(Cl)cc1)c1ccco1. The molecule has 1 aromatic carbocycles. The quantitative estimate of drug-likeness (QED) is 0.542. The van der Waals surface area contributed by atoms with Crippen molar-refractivity contribution in [3.05, 3.63) is 77.6 Å². The smallest absolute Gasteiger partial charge is 0.289 e. The maximum atomic E-state index is 13.3. The fourth-order valence-corrected chi connectivity index (χ4v) is 5.07. The van der Waals surface area contributed by atoms with Crippen LogP contribution in [-0.4, -0.2) is 67.5 Å². The summed E-state index contributed by atoms with van der Waals surface area (Å²) in [6.45, 7) is 0.499. The Morgan fingerprint density at radius 1 is 0.853 bits per heavy atom. The Morgan fingerprint density at radius 2 is 1.41 bits per heavy atom. The van der Waals surface area contributed by atoms with Crippen LogP contribution in [-0.2, 0) is 14.6 Å². The summed E-state index contributed by atoms with van der Waals surface area (Å²) in [5.74, 6) is -1.97. The van der Waals surface area contributed by atoms with Crippen molar-refractivity contribution in [3.8, 4) is 0 Å². The monoisotopic (exact) mass is 505 g/mol. The van der Waals surface area contributed by atoms with Crippen LogP contribution in [0.1, 0.15) is 21.1 Å². The van der Waals surface area contributed by atoms with Crippen LogP contribution in [0.3, 0.4) is 0 Å². The molecule has 0 aliphatic carbocycles. The van der Waals surface area contributed by atoms with Crippen LogP contribution in [0.4, 0.5) is 0 Å². The van der Waals surface area contributed by atoms with Crippen molar-refractivity contribution < 1.29 is 31.6 Å². The predicted octanol–water partition coefficient (Wildman–Crippen LogP) is 2.04. The molecule has 1 fully saturated rings. The number of nitrogens with one attached hydrogen (secondary N) is 1. The third-order valence-electron chi connectivity index (χ3n) is 5.29. The minimum Gasteiger partial charge on any atom is -0.459 e. The van der Waals surface area contributed by atoms with Gasteiger partial charge in [-0.2, -0.15) is 0 Å². The van der Waals surface area contributed by atoms with E-state index in [1.807, 2.05) is 0 Å².